The van der Waals surface area contributed by atoms with Gasteiger partial charge in [-0.2, -0.15) is 0 Å². The maximum atomic E-state index is 6.21. The summed E-state index contributed by atoms with van der Waals surface area (Å²) in [4.78, 5) is 0. The average molecular weight is 183 g/mol. The van der Waals surface area contributed by atoms with E-state index in [0.29, 0.717) is 0 Å². The predicted octanol–water partition coefficient (Wildman–Crippen LogP) is 3.14. The number of hydrogen-bond donors (Lipinski definition) is 0. The molecule has 1 atom stereocenters. The van der Waals surface area contributed by atoms with E-state index in [0.717, 1.165) is 11.3 Å². The van der Waals surface area contributed by atoms with E-state index in [9.17, 15) is 0 Å². The van der Waals surface area contributed by atoms with Crippen LogP contribution in [0.1, 0.15) is 24.8 Å². The van der Waals surface area contributed by atoms with Crippen molar-refractivity contribution in [3.05, 3.63) is 29.8 Å². The Bertz CT molecular complexity index is 306. The van der Waals surface area contributed by atoms with Crippen LogP contribution < -0.4 is 4.74 Å². The van der Waals surface area contributed by atoms with Crippen molar-refractivity contribution in [2.24, 2.45) is 0 Å². The highest BCUT2D eigenvalue weighted by atomic mass is 35.5. The number of hydrogen-bond acceptors (Lipinski definition) is 1. The molecule has 1 aliphatic rings. The van der Waals surface area contributed by atoms with Gasteiger partial charge in [-0.15, -0.1) is 11.6 Å². The molecule has 0 amide bonds. The lowest BCUT2D eigenvalue weighted by Crippen LogP contribution is -2.27. The molecular weight excluding hydrogens is 172 g/mol. The minimum Gasteiger partial charge on any atom is -0.486 e. The predicted molar refractivity (Wildman–Crippen MR) is 49.7 cm³/mol. The first-order valence-corrected chi connectivity index (χ1v) is 4.47. The van der Waals surface area contributed by atoms with Gasteiger partial charge in [0, 0.05) is 5.56 Å². The molecule has 0 fully saturated rings. The third-order valence-electron chi connectivity index (χ3n) is 2.18. The zero-order chi connectivity index (χ0) is 8.77. The van der Waals surface area contributed by atoms with Crippen LogP contribution in [-0.2, 0) is 0 Å². The van der Waals surface area contributed by atoms with Gasteiger partial charge in [0.1, 0.15) is 16.7 Å². The Morgan fingerprint density at radius 3 is 2.67 bits per heavy atom. The smallest absolute Gasteiger partial charge is 0.125 e. The largest absolute Gasteiger partial charge is 0.486 e. The summed E-state index contributed by atoms with van der Waals surface area (Å²) in [6.07, 6.45) is 0. The first-order valence-electron chi connectivity index (χ1n) is 4.03. The topological polar surface area (TPSA) is 9.23 Å². The molecule has 0 N–H and O–H groups in total. The van der Waals surface area contributed by atoms with Crippen molar-refractivity contribution in [2.45, 2.75) is 24.8 Å². The number of halogens is 1. The summed E-state index contributed by atoms with van der Waals surface area (Å²) in [5.41, 5.74) is 0.829. The maximum Gasteiger partial charge on any atom is 0.125 e. The minimum atomic E-state index is -0.273. The van der Waals surface area contributed by atoms with Gasteiger partial charge in [-0.25, -0.2) is 0 Å². The number of alkyl halides is 1. The molecule has 1 unspecified atom stereocenters. The van der Waals surface area contributed by atoms with Gasteiger partial charge in [-0.3, -0.25) is 0 Å². The molecule has 1 aliphatic heterocycles. The SMILES string of the molecule is CC1(C)Oc2ccccc2C1Cl. The Morgan fingerprint density at radius 1 is 1.33 bits per heavy atom. The fourth-order valence-corrected chi connectivity index (χ4v) is 1.72. The minimum absolute atomic E-state index is 0.0336. The van der Waals surface area contributed by atoms with E-state index >= 15 is 0 Å². The van der Waals surface area contributed by atoms with Gasteiger partial charge in [0.15, 0.2) is 0 Å². The Morgan fingerprint density at radius 2 is 2.00 bits per heavy atom. The van der Waals surface area contributed by atoms with Crippen LogP contribution in [0.15, 0.2) is 24.3 Å². The highest BCUT2D eigenvalue weighted by Crippen LogP contribution is 2.46. The van der Waals surface area contributed by atoms with Gasteiger partial charge in [-0.1, -0.05) is 18.2 Å². The van der Waals surface area contributed by atoms with Crippen LogP contribution in [0, 0.1) is 0 Å². The Kier molecular flexibility index (Phi) is 1.58. The van der Waals surface area contributed by atoms with E-state index in [1.165, 1.54) is 0 Å². The van der Waals surface area contributed by atoms with Crippen molar-refractivity contribution in [3.63, 3.8) is 0 Å². The van der Waals surface area contributed by atoms with Gasteiger partial charge < -0.3 is 4.74 Å². The standard InChI is InChI=1S/C10H11ClO/c1-10(2)9(11)7-5-3-4-6-8(7)12-10/h3-6,9H,1-2H3. The number of benzene rings is 1. The third-order valence-corrected chi connectivity index (χ3v) is 2.94. The second kappa shape index (κ2) is 2.40. The van der Waals surface area contributed by atoms with Crippen LogP contribution in [0.3, 0.4) is 0 Å². The van der Waals surface area contributed by atoms with Gasteiger partial charge in [0.05, 0.1) is 0 Å². The Hall–Kier alpha value is -0.690. The molecule has 0 saturated carbocycles. The third kappa shape index (κ3) is 1.00. The maximum absolute atomic E-state index is 6.21. The zero-order valence-electron chi connectivity index (χ0n) is 7.17. The van der Waals surface area contributed by atoms with Crippen molar-refractivity contribution in [1.82, 2.24) is 0 Å². The lowest BCUT2D eigenvalue weighted by molar-refractivity contribution is 0.133. The van der Waals surface area contributed by atoms with Gasteiger partial charge in [0.25, 0.3) is 0 Å². The highest BCUT2D eigenvalue weighted by molar-refractivity contribution is 6.22. The van der Waals surface area contributed by atoms with E-state index in [1.807, 2.05) is 38.1 Å². The number of ether oxygens (including phenoxy) is 1. The normalized spacial score (nSPS) is 24.8. The van der Waals surface area contributed by atoms with Crippen LogP contribution in [-0.4, -0.2) is 5.60 Å². The van der Waals surface area contributed by atoms with Crippen molar-refractivity contribution < 1.29 is 4.74 Å². The molecule has 0 spiro atoms. The fourth-order valence-electron chi connectivity index (χ4n) is 1.49. The van der Waals surface area contributed by atoms with Gasteiger partial charge in [0.2, 0.25) is 0 Å². The second-order valence-electron chi connectivity index (χ2n) is 3.61. The summed E-state index contributed by atoms with van der Waals surface area (Å²) in [6, 6.07) is 7.92. The summed E-state index contributed by atoms with van der Waals surface area (Å²) >= 11 is 6.21. The van der Waals surface area contributed by atoms with Gasteiger partial charge >= 0.3 is 0 Å². The van der Waals surface area contributed by atoms with E-state index in [1.54, 1.807) is 0 Å². The molecule has 1 aromatic carbocycles. The Balaban J connectivity index is 2.49. The van der Waals surface area contributed by atoms with E-state index in [-0.39, 0.29) is 11.0 Å². The molecule has 0 aromatic heterocycles. The summed E-state index contributed by atoms with van der Waals surface area (Å²) < 4.78 is 5.67. The van der Waals surface area contributed by atoms with E-state index in [2.05, 4.69) is 0 Å². The molecule has 0 saturated heterocycles. The van der Waals surface area contributed by atoms with E-state index in [4.69, 9.17) is 16.3 Å². The van der Waals surface area contributed by atoms with Gasteiger partial charge in [-0.05, 0) is 19.9 Å². The fraction of sp³-hybridized carbons (Fsp3) is 0.400. The summed E-state index contributed by atoms with van der Waals surface area (Å²) in [5.74, 6) is 0.919. The lowest BCUT2D eigenvalue weighted by Gasteiger charge is -2.21. The van der Waals surface area contributed by atoms with Crippen LogP contribution in [0.25, 0.3) is 0 Å². The molecule has 0 bridgehead atoms. The summed E-state index contributed by atoms with van der Waals surface area (Å²) in [7, 11) is 0. The quantitative estimate of drug-likeness (QED) is 0.561. The molecule has 64 valence electrons. The molecule has 1 aromatic rings. The number of fused-ring (bicyclic) bond motifs is 1. The number of rotatable bonds is 0. The van der Waals surface area contributed by atoms with Crippen molar-refractivity contribution in [1.29, 1.82) is 0 Å². The molecule has 12 heavy (non-hydrogen) atoms. The summed E-state index contributed by atoms with van der Waals surface area (Å²) in [5, 5.41) is -0.0336. The molecule has 1 nitrogen and oxygen atoms in total. The zero-order valence-corrected chi connectivity index (χ0v) is 7.93. The van der Waals surface area contributed by atoms with Crippen LogP contribution in [0.5, 0.6) is 5.75 Å². The van der Waals surface area contributed by atoms with Crippen LogP contribution in [0.4, 0.5) is 0 Å². The molecule has 1 heterocycles. The molecule has 2 heteroatoms. The first-order chi connectivity index (χ1) is 5.61. The number of para-hydroxylation sites is 1. The lowest BCUT2D eigenvalue weighted by atomic mass is 10.0. The molecular formula is C10H11ClO. The molecule has 0 aliphatic carbocycles. The van der Waals surface area contributed by atoms with Crippen molar-refractivity contribution >= 4 is 11.6 Å². The average Bonchev–Trinajstić information content (AvgIpc) is 2.24. The first kappa shape index (κ1) is 7.93. The van der Waals surface area contributed by atoms with Crippen molar-refractivity contribution in [2.75, 3.05) is 0 Å². The molecule has 2 rings (SSSR count). The van der Waals surface area contributed by atoms with Crippen LogP contribution >= 0.6 is 11.6 Å². The van der Waals surface area contributed by atoms with E-state index < -0.39 is 0 Å². The summed E-state index contributed by atoms with van der Waals surface area (Å²) in [6.45, 7) is 4.01. The molecule has 0 radical (unpaired) electrons. The monoisotopic (exact) mass is 182 g/mol. The Labute approximate surface area is 77.3 Å². The highest BCUT2D eigenvalue weighted by Gasteiger charge is 2.39. The van der Waals surface area contributed by atoms with Crippen molar-refractivity contribution in [3.8, 4) is 5.75 Å². The van der Waals surface area contributed by atoms with Crippen LogP contribution in [0.2, 0.25) is 0 Å². The second-order valence-corrected chi connectivity index (χ2v) is 4.04.